The molecule has 2 aromatic rings. The van der Waals surface area contributed by atoms with Gasteiger partial charge in [-0.1, -0.05) is 67.1 Å². The fraction of sp³-hybridized carbons (Fsp3) is 0.348. The Kier molecular flexibility index (Phi) is 4.96. The number of benzene rings is 2. The van der Waals surface area contributed by atoms with Crippen molar-refractivity contribution in [3.63, 3.8) is 0 Å². The van der Waals surface area contributed by atoms with Crippen LogP contribution in [0.4, 0.5) is 0 Å². The summed E-state index contributed by atoms with van der Waals surface area (Å²) >= 11 is 6.41. The predicted octanol–water partition coefficient (Wildman–Crippen LogP) is 5.26. The summed E-state index contributed by atoms with van der Waals surface area (Å²) < 4.78 is 5.30. The molecule has 1 saturated heterocycles. The summed E-state index contributed by atoms with van der Waals surface area (Å²) in [6.45, 7) is 2.80. The largest absolute Gasteiger partial charge is 0.495 e. The van der Waals surface area contributed by atoms with E-state index in [1.165, 1.54) is 0 Å². The quantitative estimate of drug-likeness (QED) is 0.676. The molecular formula is C23H24ClNO2. The zero-order valence-corrected chi connectivity index (χ0v) is 16.4. The summed E-state index contributed by atoms with van der Waals surface area (Å²) in [5, 5.41) is 0.582. The van der Waals surface area contributed by atoms with Gasteiger partial charge in [0.2, 0.25) is 5.91 Å². The highest BCUT2D eigenvalue weighted by Crippen LogP contribution is 2.49. The summed E-state index contributed by atoms with van der Waals surface area (Å²) in [6.07, 6.45) is 5.42. The molecule has 0 bridgehead atoms. The molecule has 1 heterocycles. The lowest BCUT2D eigenvalue weighted by Crippen LogP contribution is -2.30. The van der Waals surface area contributed by atoms with E-state index in [0.29, 0.717) is 23.2 Å². The van der Waals surface area contributed by atoms with Crippen molar-refractivity contribution in [3.8, 4) is 5.75 Å². The molecule has 0 N–H and O–H groups in total. The molecule has 2 aromatic carbocycles. The third-order valence-corrected chi connectivity index (χ3v) is 6.17. The number of hydrogen-bond acceptors (Lipinski definition) is 2. The van der Waals surface area contributed by atoms with E-state index in [0.717, 1.165) is 17.5 Å². The molecular weight excluding hydrogens is 358 g/mol. The number of carbonyl (C=O) groups excluding carboxylic acids is 1. The third-order valence-electron chi connectivity index (χ3n) is 5.88. The molecule has 1 aliphatic heterocycles. The van der Waals surface area contributed by atoms with Crippen LogP contribution in [0.15, 0.2) is 60.7 Å². The van der Waals surface area contributed by atoms with Crippen LogP contribution in [0.5, 0.6) is 5.75 Å². The molecule has 4 atom stereocenters. The smallest absolute Gasteiger partial charge is 0.227 e. The Morgan fingerprint density at radius 3 is 2.67 bits per heavy atom. The summed E-state index contributed by atoms with van der Waals surface area (Å²) in [5.74, 6) is 1.46. The molecule has 0 unspecified atom stereocenters. The van der Waals surface area contributed by atoms with E-state index in [9.17, 15) is 4.79 Å². The van der Waals surface area contributed by atoms with Crippen LogP contribution in [0.25, 0.3) is 0 Å². The summed E-state index contributed by atoms with van der Waals surface area (Å²) in [7, 11) is 1.61. The first kappa shape index (κ1) is 18.1. The van der Waals surface area contributed by atoms with Gasteiger partial charge in [0.1, 0.15) is 5.75 Å². The first-order valence-electron chi connectivity index (χ1n) is 9.44. The number of hydrogen-bond donors (Lipinski definition) is 0. The molecule has 4 rings (SSSR count). The van der Waals surface area contributed by atoms with Crippen molar-refractivity contribution in [2.75, 3.05) is 7.11 Å². The van der Waals surface area contributed by atoms with Crippen LogP contribution in [-0.4, -0.2) is 17.9 Å². The van der Waals surface area contributed by atoms with Gasteiger partial charge in [0.25, 0.3) is 0 Å². The first-order chi connectivity index (χ1) is 13.1. The number of halogens is 1. The number of methoxy groups -OCH3 is 1. The number of likely N-dealkylation sites (tertiary alicyclic amines) is 1. The van der Waals surface area contributed by atoms with Gasteiger partial charge in [-0.25, -0.2) is 0 Å². The molecule has 0 saturated carbocycles. The summed E-state index contributed by atoms with van der Waals surface area (Å²) in [6, 6.07) is 16.1. The van der Waals surface area contributed by atoms with E-state index < -0.39 is 0 Å². The zero-order valence-electron chi connectivity index (χ0n) is 15.6. The van der Waals surface area contributed by atoms with E-state index >= 15 is 0 Å². The Labute approximate surface area is 165 Å². The molecule has 0 spiro atoms. The minimum Gasteiger partial charge on any atom is -0.495 e. The highest BCUT2D eigenvalue weighted by Gasteiger charge is 2.50. The minimum atomic E-state index is -0.00916. The average molecular weight is 382 g/mol. The molecule has 0 radical (unpaired) electrons. The van der Waals surface area contributed by atoms with Crippen LogP contribution in [0, 0.1) is 17.8 Å². The Balaban J connectivity index is 1.76. The molecule has 3 nitrogen and oxygen atoms in total. The van der Waals surface area contributed by atoms with Gasteiger partial charge >= 0.3 is 0 Å². The summed E-state index contributed by atoms with van der Waals surface area (Å²) in [4.78, 5) is 15.4. The van der Waals surface area contributed by atoms with Crippen LogP contribution in [-0.2, 0) is 11.3 Å². The van der Waals surface area contributed by atoms with E-state index in [-0.39, 0.29) is 23.8 Å². The zero-order chi connectivity index (χ0) is 19.0. The normalized spacial score (nSPS) is 26.9. The summed E-state index contributed by atoms with van der Waals surface area (Å²) in [5.41, 5.74) is 2.21. The fourth-order valence-corrected chi connectivity index (χ4v) is 4.83. The molecule has 27 heavy (non-hydrogen) atoms. The van der Waals surface area contributed by atoms with Crippen LogP contribution >= 0.6 is 11.6 Å². The highest BCUT2D eigenvalue weighted by atomic mass is 35.5. The molecule has 1 amide bonds. The lowest BCUT2D eigenvalue weighted by Gasteiger charge is -2.29. The first-order valence-corrected chi connectivity index (χ1v) is 9.82. The SMILES string of the molecule is COc1ccc([C@H]2[C@@H]3C=CC[C@H](C)[C@H]3C(=O)N2Cc2ccccc2)cc1Cl. The van der Waals surface area contributed by atoms with Gasteiger partial charge in [-0.2, -0.15) is 0 Å². The van der Waals surface area contributed by atoms with Gasteiger partial charge in [-0.05, 0) is 35.6 Å². The lowest BCUT2D eigenvalue weighted by molar-refractivity contribution is -0.134. The number of amides is 1. The fourth-order valence-electron chi connectivity index (χ4n) is 4.57. The molecule has 4 heteroatoms. The van der Waals surface area contributed by atoms with Crippen LogP contribution in [0.3, 0.4) is 0 Å². The molecule has 1 fully saturated rings. The Morgan fingerprint density at radius 2 is 1.96 bits per heavy atom. The molecule has 1 aliphatic carbocycles. The second-order valence-electron chi connectivity index (χ2n) is 7.53. The van der Waals surface area contributed by atoms with Gasteiger partial charge in [-0.3, -0.25) is 4.79 Å². The Morgan fingerprint density at radius 1 is 1.19 bits per heavy atom. The van der Waals surface area contributed by atoms with Gasteiger partial charge < -0.3 is 9.64 Å². The molecule has 0 aromatic heterocycles. The van der Waals surface area contributed by atoms with E-state index in [1.54, 1.807) is 7.11 Å². The Bertz CT molecular complexity index is 864. The number of ether oxygens (including phenoxy) is 1. The van der Waals surface area contributed by atoms with E-state index in [1.807, 2.05) is 41.3 Å². The maximum atomic E-state index is 13.4. The van der Waals surface area contributed by atoms with Crippen molar-refractivity contribution in [2.24, 2.45) is 17.8 Å². The minimum absolute atomic E-state index is 0.00916. The monoisotopic (exact) mass is 381 g/mol. The van der Waals surface area contributed by atoms with Gasteiger partial charge in [-0.15, -0.1) is 0 Å². The number of rotatable bonds is 4. The topological polar surface area (TPSA) is 29.5 Å². The van der Waals surface area contributed by atoms with Crippen LogP contribution < -0.4 is 4.74 Å². The predicted molar refractivity (Wildman–Crippen MR) is 108 cm³/mol. The van der Waals surface area contributed by atoms with Crippen molar-refractivity contribution in [1.29, 1.82) is 0 Å². The van der Waals surface area contributed by atoms with Crippen molar-refractivity contribution in [3.05, 3.63) is 76.8 Å². The lowest BCUT2D eigenvalue weighted by atomic mass is 9.75. The van der Waals surface area contributed by atoms with Crippen LogP contribution in [0.2, 0.25) is 5.02 Å². The van der Waals surface area contributed by atoms with E-state index in [2.05, 4.69) is 31.2 Å². The second-order valence-corrected chi connectivity index (χ2v) is 7.94. The van der Waals surface area contributed by atoms with Gasteiger partial charge in [0.05, 0.1) is 18.2 Å². The standard InChI is InChI=1S/C23H24ClNO2/c1-15-7-6-10-18-21(15)23(26)25(14-16-8-4-3-5-9-16)22(18)17-11-12-20(27-2)19(24)13-17/h3-6,8-13,15,18,21-22H,7,14H2,1-2H3/t15-,18+,21+,22-/m0/s1. The maximum absolute atomic E-state index is 13.4. The van der Waals surface area contributed by atoms with Gasteiger partial charge in [0, 0.05) is 18.4 Å². The molecule has 140 valence electrons. The van der Waals surface area contributed by atoms with Crippen molar-refractivity contribution < 1.29 is 9.53 Å². The van der Waals surface area contributed by atoms with Crippen molar-refractivity contribution in [1.82, 2.24) is 4.90 Å². The maximum Gasteiger partial charge on any atom is 0.227 e. The number of allylic oxidation sites excluding steroid dienone is 1. The van der Waals surface area contributed by atoms with Gasteiger partial charge in [0.15, 0.2) is 0 Å². The molecule has 2 aliphatic rings. The number of nitrogens with zero attached hydrogens (tertiary/aromatic N) is 1. The second kappa shape index (κ2) is 7.40. The van der Waals surface area contributed by atoms with E-state index in [4.69, 9.17) is 16.3 Å². The number of fused-ring (bicyclic) bond motifs is 1. The van der Waals surface area contributed by atoms with Crippen molar-refractivity contribution in [2.45, 2.75) is 25.9 Å². The third kappa shape index (κ3) is 3.25. The highest BCUT2D eigenvalue weighted by molar-refractivity contribution is 6.32. The Hall–Kier alpha value is -2.26. The van der Waals surface area contributed by atoms with Crippen molar-refractivity contribution >= 4 is 17.5 Å². The van der Waals surface area contributed by atoms with Crippen LogP contribution in [0.1, 0.15) is 30.5 Å². The average Bonchev–Trinajstić information content (AvgIpc) is 2.95. The number of carbonyl (C=O) groups is 1.